The molecule has 0 bridgehead atoms. The van der Waals surface area contributed by atoms with Crippen molar-refractivity contribution in [2.75, 3.05) is 0 Å². The van der Waals surface area contributed by atoms with Crippen LogP contribution in [0.15, 0.2) is 54.6 Å². The van der Waals surface area contributed by atoms with Crippen LogP contribution in [-0.4, -0.2) is 11.9 Å². The molecule has 8 heteroatoms. The van der Waals surface area contributed by atoms with Crippen molar-refractivity contribution in [2.24, 2.45) is 0 Å². The second-order valence-corrected chi connectivity index (χ2v) is 8.20. The molecule has 0 saturated heterocycles. The number of fused-ring (bicyclic) bond motifs is 1. The molecule has 0 saturated carbocycles. The Hall–Kier alpha value is -2.83. The number of nitrogens with one attached hydrogen (secondary N) is 1. The molecule has 1 atom stereocenters. The lowest BCUT2D eigenvalue weighted by atomic mass is 9.97. The lowest BCUT2D eigenvalue weighted by molar-refractivity contribution is -0.0459. The van der Waals surface area contributed by atoms with Crippen molar-refractivity contribution in [3.05, 3.63) is 93.0 Å². The molecule has 0 fully saturated rings. The molecule has 0 aliphatic carbocycles. The van der Waals surface area contributed by atoms with Gasteiger partial charge in [0.2, 0.25) is 0 Å². The average molecular weight is 464 g/mol. The first kappa shape index (κ1) is 21.4. The molecule has 0 radical (unpaired) electrons. The maximum atomic E-state index is 14.7. The highest BCUT2D eigenvalue weighted by Gasteiger charge is 2.47. The molecule has 4 rings (SSSR count). The van der Waals surface area contributed by atoms with Crippen LogP contribution in [0, 0.1) is 11.6 Å². The van der Waals surface area contributed by atoms with Gasteiger partial charge in [0, 0.05) is 22.7 Å². The van der Waals surface area contributed by atoms with E-state index in [4.69, 9.17) is 32.7 Å². The molecule has 1 unspecified atom stereocenters. The monoisotopic (exact) mass is 463 g/mol. The SMILES string of the molecule is CC(C)NC(=O)c1cc2c(cc1F)OC(c1ccc(F)cc1)(c1ccc(Cl)cc1Cl)O2. The molecule has 0 spiro atoms. The first-order valence-corrected chi connectivity index (χ1v) is 10.2. The van der Waals surface area contributed by atoms with Gasteiger partial charge in [0.15, 0.2) is 11.5 Å². The zero-order valence-corrected chi connectivity index (χ0v) is 18.0. The second kappa shape index (κ2) is 8.02. The van der Waals surface area contributed by atoms with E-state index in [0.717, 1.165) is 6.07 Å². The minimum atomic E-state index is -1.63. The maximum Gasteiger partial charge on any atom is 0.307 e. The molecule has 160 valence electrons. The zero-order chi connectivity index (χ0) is 22.3. The number of hydrogen-bond acceptors (Lipinski definition) is 3. The third kappa shape index (κ3) is 3.93. The van der Waals surface area contributed by atoms with E-state index in [2.05, 4.69) is 5.32 Å². The number of halogens is 4. The molecule has 1 aliphatic heterocycles. The van der Waals surface area contributed by atoms with E-state index in [1.54, 1.807) is 26.0 Å². The van der Waals surface area contributed by atoms with Crippen molar-refractivity contribution in [1.29, 1.82) is 0 Å². The molecule has 1 aliphatic rings. The number of carbonyl (C=O) groups excluding carboxylic acids is 1. The van der Waals surface area contributed by atoms with Crippen LogP contribution in [0.4, 0.5) is 8.78 Å². The third-order valence-corrected chi connectivity index (χ3v) is 5.26. The van der Waals surface area contributed by atoms with Crippen molar-refractivity contribution in [3.8, 4) is 11.5 Å². The topological polar surface area (TPSA) is 47.6 Å². The van der Waals surface area contributed by atoms with Crippen LogP contribution < -0.4 is 14.8 Å². The van der Waals surface area contributed by atoms with Gasteiger partial charge in [-0.05, 0) is 62.4 Å². The van der Waals surface area contributed by atoms with Gasteiger partial charge in [-0.15, -0.1) is 0 Å². The fourth-order valence-corrected chi connectivity index (χ4v) is 3.88. The maximum absolute atomic E-state index is 14.7. The van der Waals surface area contributed by atoms with Gasteiger partial charge < -0.3 is 14.8 Å². The molecule has 3 aromatic carbocycles. The van der Waals surface area contributed by atoms with Crippen molar-refractivity contribution in [1.82, 2.24) is 5.32 Å². The standard InChI is InChI=1S/C23H17Cl2F2NO3/c1-12(2)28-22(29)16-10-20-21(11-19(16)27)31-23(30-20,13-3-6-15(26)7-4-13)17-8-5-14(24)9-18(17)25/h3-12H,1-2H3,(H,28,29). The van der Waals surface area contributed by atoms with Crippen LogP contribution in [0.25, 0.3) is 0 Å². The minimum Gasteiger partial charge on any atom is -0.440 e. The number of ether oxygens (including phenoxy) is 2. The summed E-state index contributed by atoms with van der Waals surface area (Å²) in [4.78, 5) is 12.4. The number of hydrogen-bond donors (Lipinski definition) is 1. The van der Waals surface area contributed by atoms with Gasteiger partial charge in [-0.1, -0.05) is 23.2 Å². The number of amides is 1. The summed E-state index contributed by atoms with van der Waals surface area (Å²) >= 11 is 12.5. The van der Waals surface area contributed by atoms with E-state index in [9.17, 15) is 13.6 Å². The number of carbonyl (C=O) groups is 1. The average Bonchev–Trinajstić information content (AvgIpc) is 3.06. The first-order chi connectivity index (χ1) is 14.7. The molecule has 1 N–H and O–H groups in total. The molecule has 1 heterocycles. The minimum absolute atomic E-state index is 0.0777. The highest BCUT2D eigenvalue weighted by molar-refractivity contribution is 6.35. The largest absolute Gasteiger partial charge is 0.440 e. The van der Waals surface area contributed by atoms with Gasteiger partial charge in [-0.3, -0.25) is 4.79 Å². The smallest absolute Gasteiger partial charge is 0.307 e. The van der Waals surface area contributed by atoms with Gasteiger partial charge >= 0.3 is 5.79 Å². The Morgan fingerprint density at radius 1 is 0.968 bits per heavy atom. The summed E-state index contributed by atoms with van der Waals surface area (Å²) in [6, 6.07) is 12.4. The van der Waals surface area contributed by atoms with E-state index in [-0.39, 0.29) is 28.1 Å². The van der Waals surface area contributed by atoms with Crippen molar-refractivity contribution >= 4 is 29.1 Å². The number of rotatable bonds is 4. The second-order valence-electron chi connectivity index (χ2n) is 7.36. The normalized spacial score (nSPS) is 17.1. The van der Waals surface area contributed by atoms with Crippen molar-refractivity contribution in [3.63, 3.8) is 0 Å². The fraction of sp³-hybridized carbons (Fsp3) is 0.174. The highest BCUT2D eigenvalue weighted by atomic mass is 35.5. The van der Waals surface area contributed by atoms with Gasteiger partial charge in [-0.2, -0.15) is 0 Å². The van der Waals surface area contributed by atoms with Crippen molar-refractivity contribution < 1.29 is 23.0 Å². The summed E-state index contributed by atoms with van der Waals surface area (Å²) in [6.07, 6.45) is 0. The van der Waals surface area contributed by atoms with E-state index in [1.807, 2.05) is 0 Å². The van der Waals surface area contributed by atoms with Crippen molar-refractivity contribution in [2.45, 2.75) is 25.7 Å². The van der Waals surface area contributed by atoms with Crippen LogP contribution in [-0.2, 0) is 5.79 Å². The third-order valence-electron chi connectivity index (χ3n) is 4.72. The molecule has 1 amide bonds. The highest BCUT2D eigenvalue weighted by Crippen LogP contribution is 2.50. The lowest BCUT2D eigenvalue weighted by Crippen LogP contribution is -2.37. The molecular weight excluding hydrogens is 447 g/mol. The van der Waals surface area contributed by atoms with E-state index < -0.39 is 23.3 Å². The lowest BCUT2D eigenvalue weighted by Gasteiger charge is -2.29. The van der Waals surface area contributed by atoms with E-state index in [0.29, 0.717) is 16.1 Å². The zero-order valence-electron chi connectivity index (χ0n) is 16.5. The summed E-state index contributed by atoms with van der Waals surface area (Å²) < 4.78 is 40.5. The van der Waals surface area contributed by atoms with Crippen LogP contribution in [0.5, 0.6) is 11.5 Å². The Labute approximate surface area is 187 Å². The van der Waals surface area contributed by atoms with Gasteiger partial charge in [0.25, 0.3) is 5.91 Å². The van der Waals surface area contributed by atoms with Gasteiger partial charge in [0.05, 0.1) is 16.1 Å². The summed E-state index contributed by atoms with van der Waals surface area (Å²) in [5.41, 5.74) is 0.617. The Kier molecular flexibility index (Phi) is 5.54. The fourth-order valence-electron chi connectivity index (χ4n) is 3.35. The summed E-state index contributed by atoms with van der Waals surface area (Å²) in [5, 5.41) is 3.28. The predicted octanol–water partition coefficient (Wildman–Crippen LogP) is 6.08. The van der Waals surface area contributed by atoms with E-state index >= 15 is 0 Å². The molecule has 31 heavy (non-hydrogen) atoms. The van der Waals surface area contributed by atoms with E-state index in [1.165, 1.54) is 36.4 Å². The molecule has 0 aromatic heterocycles. The summed E-state index contributed by atoms with van der Waals surface area (Å²) in [6.45, 7) is 3.54. The van der Waals surface area contributed by atoms with Crippen LogP contribution in [0.1, 0.15) is 35.3 Å². The first-order valence-electron chi connectivity index (χ1n) is 9.43. The van der Waals surface area contributed by atoms with Crippen LogP contribution in [0.3, 0.4) is 0 Å². The van der Waals surface area contributed by atoms with Gasteiger partial charge in [0.1, 0.15) is 11.6 Å². The quantitative estimate of drug-likeness (QED) is 0.509. The summed E-state index contributed by atoms with van der Waals surface area (Å²) in [5.74, 6) is -3.20. The Balaban J connectivity index is 1.85. The van der Waals surface area contributed by atoms with Gasteiger partial charge in [-0.25, -0.2) is 8.78 Å². The molecule has 4 nitrogen and oxygen atoms in total. The van der Waals surface area contributed by atoms with Crippen LogP contribution >= 0.6 is 23.2 Å². The Morgan fingerprint density at radius 2 is 1.61 bits per heavy atom. The Morgan fingerprint density at radius 3 is 2.23 bits per heavy atom. The summed E-state index contributed by atoms with van der Waals surface area (Å²) in [7, 11) is 0. The number of benzene rings is 3. The predicted molar refractivity (Wildman–Crippen MR) is 114 cm³/mol. The Bertz CT molecular complexity index is 1170. The van der Waals surface area contributed by atoms with Crippen LogP contribution in [0.2, 0.25) is 10.0 Å². The molecular formula is C23H17Cl2F2NO3. The molecule has 3 aromatic rings.